The lowest BCUT2D eigenvalue weighted by molar-refractivity contribution is -0.132. The molecule has 1 aromatic carbocycles. The van der Waals surface area contributed by atoms with E-state index in [1.54, 1.807) is 19.3 Å². The summed E-state index contributed by atoms with van der Waals surface area (Å²) < 4.78 is 5.51. The van der Waals surface area contributed by atoms with Crippen molar-refractivity contribution in [3.8, 4) is 5.75 Å². The van der Waals surface area contributed by atoms with E-state index in [1.165, 1.54) is 0 Å². The molecule has 0 saturated carbocycles. The first-order chi connectivity index (χ1) is 17.5. The Balaban J connectivity index is 1.67. The van der Waals surface area contributed by atoms with Gasteiger partial charge in [0.2, 0.25) is 5.91 Å². The highest BCUT2D eigenvalue weighted by molar-refractivity contribution is 5.99. The molecule has 2 heterocycles. The highest BCUT2D eigenvalue weighted by atomic mass is 16.5. The number of carbonyl (C=O) groups is 2. The Kier molecular flexibility index (Phi) is 9.14. The summed E-state index contributed by atoms with van der Waals surface area (Å²) in [6.07, 6.45) is 8.48. The second-order valence-electron chi connectivity index (χ2n) is 10.3. The number of rotatable bonds is 8. The average molecular weight is 505 g/mol. The summed E-state index contributed by atoms with van der Waals surface area (Å²) in [6, 6.07) is 4.00. The monoisotopic (exact) mass is 504 g/mol. The van der Waals surface area contributed by atoms with Crippen molar-refractivity contribution in [3.05, 3.63) is 77.2 Å². The number of fused-ring (bicyclic) bond motifs is 1. The van der Waals surface area contributed by atoms with Crippen molar-refractivity contribution in [2.75, 3.05) is 13.7 Å². The van der Waals surface area contributed by atoms with Crippen LogP contribution in [0.5, 0.6) is 5.75 Å². The lowest BCUT2D eigenvalue weighted by atomic mass is 9.95. The fourth-order valence-electron chi connectivity index (χ4n) is 4.77. The third-order valence-corrected chi connectivity index (χ3v) is 6.88. The number of allylic oxidation sites excluding steroid dienone is 4. The van der Waals surface area contributed by atoms with E-state index in [-0.39, 0.29) is 17.9 Å². The second-order valence-corrected chi connectivity index (χ2v) is 10.3. The van der Waals surface area contributed by atoms with Gasteiger partial charge >= 0.3 is 0 Å². The van der Waals surface area contributed by atoms with Gasteiger partial charge in [0.1, 0.15) is 11.6 Å². The van der Waals surface area contributed by atoms with E-state index >= 15 is 0 Å². The Labute approximate surface area is 221 Å². The number of amides is 2. The van der Waals surface area contributed by atoms with Crippen LogP contribution in [0.1, 0.15) is 68.4 Å². The minimum atomic E-state index is -0.324. The molecule has 198 valence electrons. The zero-order valence-corrected chi connectivity index (χ0v) is 22.8. The van der Waals surface area contributed by atoms with E-state index in [4.69, 9.17) is 10.1 Å². The summed E-state index contributed by atoms with van der Waals surface area (Å²) in [5.74, 6) is 1.06. The number of carbonyl (C=O) groups excluding carboxylic acids is 2. The number of hydrogen-bond acceptors (Lipinski definition) is 4. The number of benzene rings is 1. The number of nitrogens with zero attached hydrogens (tertiary/aromatic N) is 2. The minimum absolute atomic E-state index is 0.140. The van der Waals surface area contributed by atoms with Crippen molar-refractivity contribution < 1.29 is 14.3 Å². The Morgan fingerprint density at radius 3 is 2.62 bits per heavy atom. The molecule has 2 amide bonds. The summed E-state index contributed by atoms with van der Waals surface area (Å²) in [6.45, 7) is 17.2. The van der Waals surface area contributed by atoms with E-state index in [9.17, 15) is 9.59 Å². The van der Waals surface area contributed by atoms with Crippen molar-refractivity contribution in [2.45, 2.75) is 66.0 Å². The van der Waals surface area contributed by atoms with Crippen LogP contribution in [0.15, 0.2) is 60.5 Å². The molecule has 3 rings (SSSR count). The Hall–Kier alpha value is -3.61. The van der Waals surface area contributed by atoms with Crippen LogP contribution in [0.25, 0.3) is 0 Å². The number of amidine groups is 1. The first kappa shape index (κ1) is 28.0. The maximum atomic E-state index is 13.1. The highest BCUT2D eigenvalue weighted by Crippen LogP contribution is 2.29. The van der Waals surface area contributed by atoms with Gasteiger partial charge in [-0.1, -0.05) is 39.2 Å². The molecule has 1 aromatic rings. The number of hydrogen-bond donors (Lipinski definition) is 2. The first-order valence-electron chi connectivity index (χ1n) is 12.9. The van der Waals surface area contributed by atoms with Crippen LogP contribution in [0.3, 0.4) is 0 Å². The average Bonchev–Trinajstić information content (AvgIpc) is 3.19. The molecule has 1 saturated heterocycles. The Bertz CT molecular complexity index is 1160. The number of ether oxygens (including phenoxy) is 1. The zero-order valence-electron chi connectivity index (χ0n) is 22.8. The van der Waals surface area contributed by atoms with Gasteiger partial charge in [0, 0.05) is 36.9 Å². The molecule has 1 unspecified atom stereocenters. The molecule has 2 N–H and O–H groups in total. The molecule has 2 aliphatic rings. The predicted octanol–water partition coefficient (Wildman–Crippen LogP) is 5.35. The SMILES string of the molecule is C=C(/C=C\C=C(/C)C(=N)N1C(=C)CCC1C)NC(=O)c1cc2c(cc1OC)CCN(C(=O)CC(C)C)C2. The van der Waals surface area contributed by atoms with Crippen LogP contribution >= 0.6 is 0 Å². The van der Waals surface area contributed by atoms with Gasteiger partial charge in [-0.2, -0.15) is 0 Å². The van der Waals surface area contributed by atoms with E-state index in [1.807, 2.05) is 48.8 Å². The molecule has 1 fully saturated rings. The summed E-state index contributed by atoms with van der Waals surface area (Å²) in [5.41, 5.74) is 4.66. The molecule has 0 bridgehead atoms. The lowest BCUT2D eigenvalue weighted by Gasteiger charge is -2.30. The van der Waals surface area contributed by atoms with Crippen LogP contribution in [-0.2, 0) is 17.8 Å². The molecule has 0 aromatic heterocycles. The number of methoxy groups -OCH3 is 1. The first-order valence-corrected chi connectivity index (χ1v) is 12.9. The third kappa shape index (κ3) is 6.79. The van der Waals surface area contributed by atoms with Gasteiger partial charge in [0.05, 0.1) is 12.7 Å². The van der Waals surface area contributed by atoms with Gasteiger partial charge in [0.25, 0.3) is 5.91 Å². The highest BCUT2D eigenvalue weighted by Gasteiger charge is 2.27. The number of nitrogens with one attached hydrogen (secondary N) is 2. The van der Waals surface area contributed by atoms with Gasteiger partial charge in [0.15, 0.2) is 0 Å². The molecule has 1 atom stereocenters. The fourth-order valence-corrected chi connectivity index (χ4v) is 4.77. The maximum absolute atomic E-state index is 13.1. The third-order valence-electron chi connectivity index (χ3n) is 6.88. The zero-order chi connectivity index (χ0) is 27.3. The van der Waals surface area contributed by atoms with Crippen molar-refractivity contribution in [1.29, 1.82) is 5.41 Å². The lowest BCUT2D eigenvalue weighted by Crippen LogP contribution is -2.36. The molecule has 2 aliphatic heterocycles. The molecule has 37 heavy (non-hydrogen) atoms. The van der Waals surface area contributed by atoms with Gasteiger partial charge in [-0.25, -0.2) is 0 Å². The molecular formula is C30H40N4O3. The topological polar surface area (TPSA) is 85.7 Å². The summed E-state index contributed by atoms with van der Waals surface area (Å²) in [4.78, 5) is 29.5. The molecule has 0 aliphatic carbocycles. The molecule has 0 radical (unpaired) electrons. The van der Waals surface area contributed by atoms with Crippen LogP contribution in [0.4, 0.5) is 0 Å². The summed E-state index contributed by atoms with van der Waals surface area (Å²) >= 11 is 0. The molecule has 7 heteroatoms. The van der Waals surface area contributed by atoms with Crippen LogP contribution in [0, 0.1) is 11.3 Å². The normalized spacial score (nSPS) is 17.8. The predicted molar refractivity (Wildman–Crippen MR) is 148 cm³/mol. The fraction of sp³-hybridized carbons (Fsp3) is 0.433. The number of likely N-dealkylation sites (tertiary alicyclic amines) is 1. The quantitative estimate of drug-likeness (QED) is 0.284. The second kappa shape index (κ2) is 12.1. The van der Waals surface area contributed by atoms with Crippen molar-refractivity contribution in [3.63, 3.8) is 0 Å². The van der Waals surface area contributed by atoms with Crippen molar-refractivity contribution >= 4 is 17.6 Å². The largest absolute Gasteiger partial charge is 0.496 e. The van der Waals surface area contributed by atoms with E-state index < -0.39 is 0 Å². The minimum Gasteiger partial charge on any atom is -0.496 e. The smallest absolute Gasteiger partial charge is 0.259 e. The standard InChI is InChI=1S/C30H40N4O3/c1-19(2)15-28(35)33-14-13-24-17-27(37-7)26(16-25(24)18-33)30(36)32-21(4)10-8-9-20(3)29(31)34-22(5)11-12-23(34)6/h8-10,16-17,19,23,31H,4-5,11-15,18H2,1-3,6-7H3,(H,32,36)/b10-8-,20-9+,31-29?. The van der Waals surface area contributed by atoms with Crippen molar-refractivity contribution in [1.82, 2.24) is 15.1 Å². The van der Waals surface area contributed by atoms with Gasteiger partial charge in [-0.15, -0.1) is 0 Å². The molecular weight excluding hydrogens is 464 g/mol. The van der Waals surface area contributed by atoms with E-state index in [2.05, 4.69) is 25.4 Å². The van der Waals surface area contributed by atoms with Gasteiger partial charge < -0.3 is 19.9 Å². The van der Waals surface area contributed by atoms with Crippen LogP contribution in [0.2, 0.25) is 0 Å². The molecule has 7 nitrogen and oxygen atoms in total. The maximum Gasteiger partial charge on any atom is 0.259 e. The van der Waals surface area contributed by atoms with E-state index in [0.717, 1.165) is 41.7 Å². The van der Waals surface area contributed by atoms with Gasteiger partial charge in [-0.05, 0) is 73.9 Å². The van der Waals surface area contributed by atoms with Gasteiger partial charge in [-0.3, -0.25) is 15.0 Å². The summed E-state index contributed by atoms with van der Waals surface area (Å²) in [7, 11) is 1.55. The van der Waals surface area contributed by atoms with Crippen LogP contribution in [-0.4, -0.2) is 47.1 Å². The van der Waals surface area contributed by atoms with Crippen molar-refractivity contribution in [2.24, 2.45) is 5.92 Å². The summed E-state index contributed by atoms with van der Waals surface area (Å²) in [5, 5.41) is 11.3. The van der Waals surface area contributed by atoms with Crippen LogP contribution < -0.4 is 10.1 Å². The Morgan fingerprint density at radius 1 is 1.27 bits per heavy atom. The Morgan fingerprint density at radius 2 is 2.00 bits per heavy atom. The molecule has 0 spiro atoms. The van der Waals surface area contributed by atoms with E-state index in [0.29, 0.717) is 48.3 Å².